The van der Waals surface area contributed by atoms with Crippen LogP contribution >= 0.6 is 17.5 Å². The van der Waals surface area contributed by atoms with Crippen LogP contribution in [0, 0.1) is 0 Å². The molecule has 15 heavy (non-hydrogen) atoms. The van der Waals surface area contributed by atoms with E-state index in [2.05, 4.69) is 13.8 Å². The molecule has 0 aliphatic heterocycles. The van der Waals surface area contributed by atoms with E-state index in [1.165, 1.54) is 5.30 Å². The fraction of sp³-hybridized carbons (Fsp3) is 0.455. The van der Waals surface area contributed by atoms with Gasteiger partial charge in [0.25, 0.3) is 0 Å². The van der Waals surface area contributed by atoms with E-state index in [0.29, 0.717) is 5.66 Å². The van der Waals surface area contributed by atoms with Crippen LogP contribution in [0.1, 0.15) is 20.3 Å². The molecular weight excluding hydrogens is 243 g/mol. The summed E-state index contributed by atoms with van der Waals surface area (Å²) in [5, 5.41) is -0.517. The molecule has 4 heteroatoms. The number of hydrogen-bond acceptors (Lipinski definition) is 2. The number of benzene rings is 1. The minimum atomic E-state index is -1.69. The molecule has 0 saturated carbocycles. The quantitative estimate of drug-likeness (QED) is 0.656. The largest absolute Gasteiger partial charge is 0.497 e. The van der Waals surface area contributed by atoms with E-state index in [1.807, 2.05) is 24.3 Å². The van der Waals surface area contributed by atoms with Gasteiger partial charge in [-0.3, -0.25) is 0 Å². The summed E-state index contributed by atoms with van der Waals surface area (Å²) in [6, 6.07) is 7.99. The third-order valence-corrected chi connectivity index (χ3v) is 8.82. The van der Waals surface area contributed by atoms with E-state index in [-0.39, 0.29) is 0 Å². The highest BCUT2D eigenvalue weighted by Gasteiger charge is 2.21. The molecule has 0 aliphatic carbocycles. The van der Waals surface area contributed by atoms with Gasteiger partial charge in [0.1, 0.15) is 5.75 Å². The summed E-state index contributed by atoms with van der Waals surface area (Å²) in [5.74, 6) is 0.867. The van der Waals surface area contributed by atoms with Gasteiger partial charge in [0.2, 0.25) is 0 Å². The maximum atomic E-state index is 5.65. The van der Waals surface area contributed by atoms with Crippen LogP contribution in [0.4, 0.5) is 0 Å². The normalized spacial score (nSPS) is 16.8. The number of thiol groups is 1. The van der Waals surface area contributed by atoms with Crippen molar-refractivity contribution in [3.8, 4) is 5.75 Å². The van der Waals surface area contributed by atoms with Gasteiger partial charge >= 0.3 is 0 Å². The van der Waals surface area contributed by atoms with Crippen molar-refractivity contribution in [3.63, 3.8) is 0 Å². The van der Waals surface area contributed by atoms with E-state index in [0.717, 1.165) is 12.2 Å². The Morgan fingerprint density at radius 3 is 2.33 bits per heavy atom. The van der Waals surface area contributed by atoms with Crippen LogP contribution in [0.5, 0.6) is 5.75 Å². The molecule has 0 N–H and O–H groups in total. The van der Waals surface area contributed by atoms with Crippen LogP contribution in [0.2, 0.25) is 0 Å². The van der Waals surface area contributed by atoms with Gasteiger partial charge in [-0.1, -0.05) is 25.7 Å². The molecule has 2 atom stereocenters. The minimum absolute atomic E-state index is 0.476. The zero-order valence-corrected chi connectivity index (χ0v) is 11.9. The Kier molecular flexibility index (Phi) is 4.69. The van der Waals surface area contributed by atoms with Crippen molar-refractivity contribution in [1.29, 1.82) is 0 Å². The highest BCUT2D eigenvalue weighted by Crippen LogP contribution is 2.55. The smallest absolute Gasteiger partial charge is 0.118 e. The SMILES string of the molecule is CCC(C)P(=S)(S)c1ccc(OC)cc1. The molecule has 0 aromatic heterocycles. The maximum Gasteiger partial charge on any atom is 0.118 e. The monoisotopic (exact) mass is 260 g/mol. The van der Waals surface area contributed by atoms with E-state index >= 15 is 0 Å². The van der Waals surface area contributed by atoms with Gasteiger partial charge in [-0.05, 0) is 41.6 Å². The summed E-state index contributed by atoms with van der Waals surface area (Å²) in [7, 11) is 1.67. The second kappa shape index (κ2) is 5.38. The molecule has 0 saturated heterocycles. The summed E-state index contributed by atoms with van der Waals surface area (Å²) in [6.07, 6.45) is 1.08. The molecule has 0 radical (unpaired) electrons. The Balaban J connectivity index is 3.00. The third kappa shape index (κ3) is 2.99. The van der Waals surface area contributed by atoms with E-state index in [1.54, 1.807) is 7.11 Å². The second-order valence-electron chi connectivity index (χ2n) is 3.58. The molecule has 0 amide bonds. The van der Waals surface area contributed by atoms with Gasteiger partial charge in [0, 0.05) is 5.24 Å². The Bertz CT molecular complexity index is 361. The van der Waals surface area contributed by atoms with E-state index in [4.69, 9.17) is 28.8 Å². The van der Waals surface area contributed by atoms with Gasteiger partial charge in [0.05, 0.1) is 7.11 Å². The molecule has 0 spiro atoms. The molecule has 0 heterocycles. The van der Waals surface area contributed by atoms with Crippen LogP contribution in [-0.4, -0.2) is 12.8 Å². The maximum absolute atomic E-state index is 5.65. The molecule has 1 rings (SSSR count). The predicted molar refractivity (Wildman–Crippen MR) is 75.7 cm³/mol. The average molecular weight is 260 g/mol. The first-order valence-electron chi connectivity index (χ1n) is 4.99. The fourth-order valence-electron chi connectivity index (χ4n) is 1.30. The zero-order valence-electron chi connectivity index (χ0n) is 9.30. The van der Waals surface area contributed by atoms with Gasteiger partial charge in [-0.25, -0.2) is 0 Å². The van der Waals surface area contributed by atoms with E-state index in [9.17, 15) is 0 Å². The van der Waals surface area contributed by atoms with E-state index < -0.39 is 5.24 Å². The van der Waals surface area contributed by atoms with Crippen LogP contribution in [-0.2, 0) is 11.8 Å². The van der Waals surface area contributed by atoms with Gasteiger partial charge in [-0.15, -0.1) is 12.2 Å². The topological polar surface area (TPSA) is 9.23 Å². The highest BCUT2D eigenvalue weighted by atomic mass is 32.9. The summed E-state index contributed by atoms with van der Waals surface area (Å²) in [6.45, 7) is 4.34. The first kappa shape index (κ1) is 13.1. The summed E-state index contributed by atoms with van der Waals surface area (Å²) in [5.41, 5.74) is 0.476. The Labute approximate surface area is 102 Å². The summed E-state index contributed by atoms with van der Waals surface area (Å²) >= 11 is 10.3. The molecule has 1 aromatic carbocycles. The summed E-state index contributed by atoms with van der Waals surface area (Å²) < 4.78 is 5.12. The van der Waals surface area contributed by atoms with Crippen LogP contribution in [0.15, 0.2) is 24.3 Å². The summed E-state index contributed by atoms with van der Waals surface area (Å²) in [4.78, 5) is 0. The van der Waals surface area contributed by atoms with Gasteiger partial charge in [0.15, 0.2) is 0 Å². The molecule has 0 aliphatic rings. The van der Waals surface area contributed by atoms with Crippen LogP contribution in [0.3, 0.4) is 0 Å². The molecule has 0 bridgehead atoms. The van der Waals surface area contributed by atoms with Crippen molar-refractivity contribution in [2.45, 2.75) is 25.9 Å². The highest BCUT2D eigenvalue weighted by molar-refractivity contribution is 8.66. The second-order valence-corrected chi connectivity index (χ2v) is 10.7. The van der Waals surface area contributed by atoms with Crippen LogP contribution < -0.4 is 10.0 Å². The minimum Gasteiger partial charge on any atom is -0.497 e. The lowest BCUT2D eigenvalue weighted by Gasteiger charge is -2.22. The Morgan fingerprint density at radius 2 is 1.93 bits per heavy atom. The van der Waals surface area contributed by atoms with Gasteiger partial charge in [-0.2, -0.15) is 0 Å². The molecule has 1 nitrogen and oxygen atoms in total. The number of hydrogen-bond donors (Lipinski definition) is 1. The molecule has 0 fully saturated rings. The van der Waals surface area contributed by atoms with Gasteiger partial charge < -0.3 is 4.74 Å². The van der Waals surface area contributed by atoms with Crippen molar-refractivity contribution in [3.05, 3.63) is 24.3 Å². The Morgan fingerprint density at radius 1 is 1.40 bits per heavy atom. The van der Waals surface area contributed by atoms with Crippen molar-refractivity contribution in [2.75, 3.05) is 7.11 Å². The van der Waals surface area contributed by atoms with Crippen molar-refractivity contribution in [2.24, 2.45) is 0 Å². The predicted octanol–water partition coefficient (Wildman–Crippen LogP) is 3.44. The number of rotatable bonds is 4. The zero-order chi connectivity index (χ0) is 11.5. The standard InChI is InChI=1S/C11H17OPS2/c1-4-9(2)13(14,15)11-7-5-10(12-3)6-8-11/h5-9H,4H2,1-3H3,(H,14,15). The molecular formula is C11H17OPS2. The average Bonchev–Trinajstić information content (AvgIpc) is 2.28. The van der Waals surface area contributed by atoms with Crippen molar-refractivity contribution in [1.82, 2.24) is 0 Å². The van der Waals surface area contributed by atoms with Crippen molar-refractivity contribution >= 4 is 34.6 Å². The number of methoxy groups -OCH3 is 1. The first-order valence-corrected chi connectivity index (χ1v) is 9.02. The Hall–Kier alpha value is 0.0200. The molecule has 1 aromatic rings. The lowest BCUT2D eigenvalue weighted by Crippen LogP contribution is -2.09. The first-order chi connectivity index (χ1) is 7.02. The number of ether oxygens (including phenoxy) is 1. The fourth-order valence-corrected chi connectivity index (χ4v) is 4.58. The lowest BCUT2D eigenvalue weighted by atomic mass is 10.3. The molecule has 84 valence electrons. The molecule has 2 unspecified atom stereocenters. The van der Waals surface area contributed by atoms with Crippen molar-refractivity contribution < 1.29 is 4.74 Å². The third-order valence-electron chi connectivity index (χ3n) is 2.63. The van der Waals surface area contributed by atoms with Crippen LogP contribution in [0.25, 0.3) is 0 Å². The lowest BCUT2D eigenvalue weighted by molar-refractivity contribution is 0.415.